The van der Waals surface area contributed by atoms with Crippen LogP contribution in [-0.2, 0) is 0 Å². The molecule has 0 spiro atoms. The maximum atomic E-state index is 13.7. The molecule has 1 N–H and O–H groups in total. The van der Waals surface area contributed by atoms with E-state index in [4.69, 9.17) is 0 Å². The van der Waals surface area contributed by atoms with Crippen molar-refractivity contribution in [3.63, 3.8) is 0 Å². The molecule has 1 aliphatic rings. The third kappa shape index (κ3) is 4.70. The summed E-state index contributed by atoms with van der Waals surface area (Å²) >= 11 is 1.35. The van der Waals surface area contributed by atoms with E-state index in [2.05, 4.69) is 20.3 Å². The number of nitrogens with one attached hydrogen (secondary N) is 1. The lowest BCUT2D eigenvalue weighted by Gasteiger charge is -2.35. The van der Waals surface area contributed by atoms with E-state index >= 15 is 0 Å². The lowest BCUT2D eigenvalue weighted by Crippen LogP contribution is -2.47. The minimum atomic E-state index is -0.981. The van der Waals surface area contributed by atoms with Crippen LogP contribution in [0.25, 0.3) is 21.5 Å². The standard InChI is InChI=1S/C25H22F3N5OS/c1-14-24(32-21-11-19(28)18(27)10-20(21)31-14)29-12-17-4-2-3-9-33(17)25(34)22-23(35-13-30-22)15-5-7-16(26)8-6-15/h5-8,10-11,13,17H,2-4,9,12H2,1H3,(H,29,32). The normalized spacial score (nSPS) is 16.0. The summed E-state index contributed by atoms with van der Waals surface area (Å²) in [5, 5.41) is 3.25. The zero-order chi connectivity index (χ0) is 24.5. The Hall–Kier alpha value is -3.53. The fourth-order valence-corrected chi connectivity index (χ4v) is 5.13. The summed E-state index contributed by atoms with van der Waals surface area (Å²) in [6.45, 7) is 2.76. The van der Waals surface area contributed by atoms with Gasteiger partial charge in [-0.05, 0) is 43.9 Å². The number of fused-ring (bicyclic) bond motifs is 1. The van der Waals surface area contributed by atoms with Gasteiger partial charge in [0.2, 0.25) is 0 Å². The molecule has 10 heteroatoms. The summed E-state index contributed by atoms with van der Waals surface area (Å²) in [7, 11) is 0. The van der Waals surface area contributed by atoms with Crippen LogP contribution < -0.4 is 5.32 Å². The average Bonchev–Trinajstić information content (AvgIpc) is 3.34. The first-order valence-electron chi connectivity index (χ1n) is 11.3. The molecule has 2 aromatic carbocycles. The number of aromatic nitrogens is 3. The molecule has 6 nitrogen and oxygen atoms in total. The summed E-state index contributed by atoms with van der Waals surface area (Å²) in [6, 6.07) is 7.96. The number of aryl methyl sites for hydroxylation is 1. The molecule has 35 heavy (non-hydrogen) atoms. The van der Waals surface area contributed by atoms with Crippen molar-refractivity contribution in [3.8, 4) is 10.4 Å². The molecule has 4 aromatic rings. The van der Waals surface area contributed by atoms with Crippen LogP contribution in [0, 0.1) is 24.4 Å². The number of carbonyl (C=O) groups excluding carboxylic acids is 1. The number of halogens is 3. The second-order valence-electron chi connectivity index (χ2n) is 8.48. The van der Waals surface area contributed by atoms with Crippen molar-refractivity contribution in [1.82, 2.24) is 19.9 Å². The van der Waals surface area contributed by atoms with Gasteiger partial charge in [0.25, 0.3) is 5.91 Å². The largest absolute Gasteiger partial charge is 0.366 e. The van der Waals surface area contributed by atoms with E-state index in [1.807, 2.05) is 4.90 Å². The quantitative estimate of drug-likeness (QED) is 0.390. The number of hydrogen-bond acceptors (Lipinski definition) is 6. The molecule has 1 atom stereocenters. The van der Waals surface area contributed by atoms with E-state index in [1.54, 1.807) is 24.6 Å². The average molecular weight is 498 g/mol. The molecule has 180 valence electrons. The first-order chi connectivity index (χ1) is 16.9. The molecule has 1 unspecified atom stereocenters. The third-order valence-corrected chi connectivity index (χ3v) is 7.03. The third-order valence-electron chi connectivity index (χ3n) is 6.15. The fraction of sp³-hybridized carbons (Fsp3) is 0.280. The lowest BCUT2D eigenvalue weighted by atomic mass is 10.0. The van der Waals surface area contributed by atoms with Crippen LogP contribution in [0.3, 0.4) is 0 Å². The molecule has 1 saturated heterocycles. The Labute approximate surface area is 203 Å². The number of hydrogen-bond donors (Lipinski definition) is 1. The highest BCUT2D eigenvalue weighted by Crippen LogP contribution is 2.30. The van der Waals surface area contributed by atoms with Gasteiger partial charge in [-0.15, -0.1) is 11.3 Å². The molecule has 2 aromatic heterocycles. The minimum absolute atomic E-state index is 0.110. The molecular formula is C25H22F3N5OS. The Morgan fingerprint density at radius 3 is 2.54 bits per heavy atom. The van der Waals surface area contributed by atoms with Crippen molar-refractivity contribution in [1.29, 1.82) is 0 Å². The second kappa shape index (κ2) is 9.61. The SMILES string of the molecule is Cc1nc2cc(F)c(F)cc2nc1NCC1CCCCN1C(=O)c1ncsc1-c1ccc(F)cc1. The molecule has 0 radical (unpaired) electrons. The van der Waals surface area contributed by atoms with Gasteiger partial charge in [-0.3, -0.25) is 4.79 Å². The monoisotopic (exact) mass is 497 g/mol. The summed E-state index contributed by atoms with van der Waals surface area (Å²) in [6.07, 6.45) is 2.66. The molecule has 0 saturated carbocycles. The highest BCUT2D eigenvalue weighted by molar-refractivity contribution is 7.13. The van der Waals surface area contributed by atoms with Crippen LogP contribution >= 0.6 is 11.3 Å². The molecule has 1 fully saturated rings. The summed E-state index contributed by atoms with van der Waals surface area (Å²) in [4.78, 5) is 29.1. The fourth-order valence-electron chi connectivity index (χ4n) is 4.34. The number of amides is 1. The predicted molar refractivity (Wildman–Crippen MR) is 129 cm³/mol. The summed E-state index contributed by atoms with van der Waals surface area (Å²) < 4.78 is 40.6. The molecule has 0 bridgehead atoms. The number of carbonyl (C=O) groups is 1. The van der Waals surface area contributed by atoms with Gasteiger partial charge in [-0.25, -0.2) is 28.1 Å². The second-order valence-corrected chi connectivity index (χ2v) is 9.33. The van der Waals surface area contributed by atoms with Crippen LogP contribution in [0.1, 0.15) is 35.4 Å². The number of nitrogens with zero attached hydrogens (tertiary/aromatic N) is 4. The number of anilines is 1. The molecule has 3 heterocycles. The highest BCUT2D eigenvalue weighted by Gasteiger charge is 2.30. The Balaban J connectivity index is 1.36. The molecular weight excluding hydrogens is 475 g/mol. The molecule has 1 amide bonds. The Bertz CT molecular complexity index is 1390. The first kappa shape index (κ1) is 23.2. The van der Waals surface area contributed by atoms with Crippen LogP contribution in [0.15, 0.2) is 41.9 Å². The Kier molecular flexibility index (Phi) is 6.38. The summed E-state index contributed by atoms with van der Waals surface area (Å²) in [5.41, 5.74) is 3.80. The Morgan fingerprint density at radius 2 is 1.80 bits per heavy atom. The molecule has 0 aliphatic carbocycles. The Morgan fingerprint density at radius 1 is 1.09 bits per heavy atom. The van der Waals surface area contributed by atoms with Gasteiger partial charge in [0, 0.05) is 31.3 Å². The van der Waals surface area contributed by atoms with Gasteiger partial charge >= 0.3 is 0 Å². The maximum Gasteiger partial charge on any atom is 0.274 e. The maximum absolute atomic E-state index is 13.7. The van der Waals surface area contributed by atoms with E-state index in [9.17, 15) is 18.0 Å². The molecule has 1 aliphatic heterocycles. The zero-order valence-corrected chi connectivity index (χ0v) is 19.7. The number of piperidine rings is 1. The van der Waals surface area contributed by atoms with Crippen LogP contribution in [0.4, 0.5) is 19.0 Å². The van der Waals surface area contributed by atoms with Crippen LogP contribution in [0.2, 0.25) is 0 Å². The van der Waals surface area contributed by atoms with Crippen molar-refractivity contribution >= 4 is 34.1 Å². The number of rotatable bonds is 5. The van der Waals surface area contributed by atoms with Gasteiger partial charge in [0.15, 0.2) is 11.6 Å². The molecule has 5 rings (SSSR count). The number of likely N-dealkylation sites (tertiary alicyclic amines) is 1. The number of thiazole rings is 1. The minimum Gasteiger partial charge on any atom is -0.366 e. The number of benzene rings is 2. The van der Waals surface area contributed by atoms with Crippen molar-refractivity contribution < 1.29 is 18.0 Å². The van der Waals surface area contributed by atoms with E-state index in [0.29, 0.717) is 35.2 Å². The lowest BCUT2D eigenvalue weighted by molar-refractivity contribution is 0.0624. The van der Waals surface area contributed by atoms with Gasteiger partial charge in [0.1, 0.15) is 17.3 Å². The van der Waals surface area contributed by atoms with Crippen molar-refractivity contribution in [2.24, 2.45) is 0 Å². The van der Waals surface area contributed by atoms with Crippen LogP contribution in [-0.4, -0.2) is 44.9 Å². The zero-order valence-electron chi connectivity index (χ0n) is 18.9. The van der Waals surface area contributed by atoms with Gasteiger partial charge in [-0.2, -0.15) is 0 Å². The van der Waals surface area contributed by atoms with Crippen molar-refractivity contribution in [2.45, 2.75) is 32.2 Å². The summed E-state index contributed by atoms with van der Waals surface area (Å²) in [5.74, 6) is -2.00. The first-order valence-corrected chi connectivity index (χ1v) is 12.2. The smallest absolute Gasteiger partial charge is 0.274 e. The predicted octanol–water partition coefficient (Wildman–Crippen LogP) is 5.59. The van der Waals surface area contributed by atoms with E-state index in [0.717, 1.165) is 37.0 Å². The van der Waals surface area contributed by atoms with E-state index < -0.39 is 11.6 Å². The van der Waals surface area contributed by atoms with Gasteiger partial charge in [-0.1, -0.05) is 12.1 Å². The van der Waals surface area contributed by atoms with E-state index in [1.165, 1.54) is 23.5 Å². The van der Waals surface area contributed by atoms with E-state index in [-0.39, 0.29) is 28.8 Å². The highest BCUT2D eigenvalue weighted by atomic mass is 32.1. The van der Waals surface area contributed by atoms with Crippen molar-refractivity contribution in [2.75, 3.05) is 18.4 Å². The van der Waals surface area contributed by atoms with Crippen LogP contribution in [0.5, 0.6) is 0 Å². The van der Waals surface area contributed by atoms with Gasteiger partial charge in [0.05, 0.1) is 27.1 Å². The topological polar surface area (TPSA) is 71.0 Å². The van der Waals surface area contributed by atoms with Gasteiger partial charge < -0.3 is 10.2 Å². The van der Waals surface area contributed by atoms with Crippen molar-refractivity contribution in [3.05, 3.63) is 70.7 Å².